The van der Waals surface area contributed by atoms with Crippen molar-refractivity contribution < 1.29 is 8.42 Å². The van der Waals surface area contributed by atoms with Crippen molar-refractivity contribution in [3.05, 3.63) is 12.4 Å². The number of anilines is 1. The van der Waals surface area contributed by atoms with Gasteiger partial charge < -0.3 is 5.32 Å². The van der Waals surface area contributed by atoms with Gasteiger partial charge in [0.15, 0.2) is 0 Å². The first-order valence-corrected chi connectivity index (χ1v) is 9.13. The Morgan fingerprint density at radius 2 is 1.90 bits per heavy atom. The summed E-state index contributed by atoms with van der Waals surface area (Å²) in [5, 5.41) is 3.05. The molecule has 1 N–H and O–H groups in total. The standard InChI is InChI=1S/C14H22N4O2S/c1-2-7-15-14-16-8-13(9-17-14)21(19,20)18(12-5-6-12)10-11-3-4-11/h8-9,11-12H,2-7,10H2,1H3,(H,15,16,17). The second-order valence-electron chi connectivity index (χ2n) is 5.92. The Hall–Kier alpha value is -1.21. The van der Waals surface area contributed by atoms with E-state index in [-0.39, 0.29) is 10.9 Å². The minimum Gasteiger partial charge on any atom is -0.354 e. The zero-order chi connectivity index (χ0) is 14.9. The molecule has 0 spiro atoms. The van der Waals surface area contributed by atoms with Gasteiger partial charge >= 0.3 is 0 Å². The lowest BCUT2D eigenvalue weighted by Gasteiger charge is -2.21. The smallest absolute Gasteiger partial charge is 0.246 e. The SMILES string of the molecule is CCCNc1ncc(S(=O)(=O)N(CC2CC2)C2CC2)cn1. The Morgan fingerprint density at radius 3 is 2.43 bits per heavy atom. The molecule has 0 unspecified atom stereocenters. The molecule has 0 radical (unpaired) electrons. The first-order valence-electron chi connectivity index (χ1n) is 7.69. The van der Waals surface area contributed by atoms with Crippen LogP contribution in [0.2, 0.25) is 0 Å². The number of hydrogen-bond donors (Lipinski definition) is 1. The van der Waals surface area contributed by atoms with Crippen molar-refractivity contribution in [1.29, 1.82) is 0 Å². The molecule has 0 aromatic carbocycles. The van der Waals surface area contributed by atoms with E-state index in [0.29, 0.717) is 18.4 Å². The van der Waals surface area contributed by atoms with E-state index in [9.17, 15) is 8.42 Å². The lowest BCUT2D eigenvalue weighted by atomic mass is 10.4. The number of aromatic nitrogens is 2. The van der Waals surface area contributed by atoms with Crippen LogP contribution in [0, 0.1) is 5.92 Å². The number of rotatable bonds is 8. The molecule has 0 aliphatic heterocycles. The lowest BCUT2D eigenvalue weighted by molar-refractivity contribution is 0.388. The van der Waals surface area contributed by atoms with Crippen LogP contribution >= 0.6 is 0 Å². The second-order valence-corrected chi connectivity index (χ2v) is 7.81. The Labute approximate surface area is 126 Å². The molecule has 3 rings (SSSR count). The summed E-state index contributed by atoms with van der Waals surface area (Å²) in [5.41, 5.74) is 0. The van der Waals surface area contributed by atoms with E-state index in [1.54, 1.807) is 4.31 Å². The molecule has 2 saturated carbocycles. The normalized spacial score (nSPS) is 19.0. The molecule has 0 bridgehead atoms. The third kappa shape index (κ3) is 3.52. The third-order valence-electron chi connectivity index (χ3n) is 3.86. The zero-order valence-electron chi connectivity index (χ0n) is 12.3. The largest absolute Gasteiger partial charge is 0.354 e. The molecule has 6 nitrogen and oxygen atoms in total. The summed E-state index contributed by atoms with van der Waals surface area (Å²) in [6.07, 6.45) is 8.06. The van der Waals surface area contributed by atoms with Gasteiger partial charge in [0.2, 0.25) is 16.0 Å². The number of nitrogens with one attached hydrogen (secondary N) is 1. The van der Waals surface area contributed by atoms with Gasteiger partial charge in [-0.05, 0) is 38.0 Å². The van der Waals surface area contributed by atoms with E-state index in [4.69, 9.17) is 0 Å². The monoisotopic (exact) mass is 310 g/mol. The molecule has 1 aromatic rings. The highest BCUT2D eigenvalue weighted by Gasteiger charge is 2.41. The lowest BCUT2D eigenvalue weighted by Crippen LogP contribution is -2.35. The van der Waals surface area contributed by atoms with Crippen LogP contribution in [0.3, 0.4) is 0 Å². The van der Waals surface area contributed by atoms with Crippen molar-refractivity contribution in [2.24, 2.45) is 5.92 Å². The van der Waals surface area contributed by atoms with Gasteiger partial charge in [-0.25, -0.2) is 18.4 Å². The second kappa shape index (κ2) is 5.88. The highest BCUT2D eigenvalue weighted by atomic mass is 32.2. The Kier molecular flexibility index (Phi) is 4.12. The van der Waals surface area contributed by atoms with E-state index in [1.807, 2.05) is 0 Å². The van der Waals surface area contributed by atoms with E-state index in [2.05, 4.69) is 22.2 Å². The maximum absolute atomic E-state index is 12.7. The highest BCUT2D eigenvalue weighted by molar-refractivity contribution is 7.89. The highest BCUT2D eigenvalue weighted by Crippen LogP contribution is 2.37. The van der Waals surface area contributed by atoms with E-state index in [0.717, 1.165) is 38.6 Å². The van der Waals surface area contributed by atoms with Crippen molar-refractivity contribution in [2.75, 3.05) is 18.4 Å². The van der Waals surface area contributed by atoms with Crippen LogP contribution in [0.15, 0.2) is 17.3 Å². The van der Waals surface area contributed by atoms with Crippen LogP contribution in [0.1, 0.15) is 39.0 Å². The van der Waals surface area contributed by atoms with Crippen LogP contribution in [0.4, 0.5) is 5.95 Å². The molecule has 2 aliphatic carbocycles. The van der Waals surface area contributed by atoms with Crippen molar-refractivity contribution in [3.8, 4) is 0 Å². The first kappa shape index (κ1) is 14.7. The van der Waals surface area contributed by atoms with Crippen LogP contribution in [0.5, 0.6) is 0 Å². The van der Waals surface area contributed by atoms with E-state index in [1.165, 1.54) is 12.4 Å². The average molecular weight is 310 g/mol. The fourth-order valence-corrected chi connectivity index (χ4v) is 3.93. The fourth-order valence-electron chi connectivity index (χ4n) is 2.27. The molecule has 116 valence electrons. The summed E-state index contributed by atoms with van der Waals surface area (Å²) in [6.45, 7) is 3.49. The number of nitrogens with zero attached hydrogens (tertiary/aromatic N) is 3. The van der Waals surface area contributed by atoms with Gasteiger partial charge in [-0.1, -0.05) is 6.92 Å². The minimum atomic E-state index is -3.45. The van der Waals surface area contributed by atoms with Gasteiger partial charge in [0, 0.05) is 19.1 Å². The van der Waals surface area contributed by atoms with Gasteiger partial charge in [0.05, 0.1) is 12.4 Å². The average Bonchev–Trinajstić information content (AvgIpc) is 3.36. The molecule has 1 aromatic heterocycles. The molecule has 7 heteroatoms. The van der Waals surface area contributed by atoms with Crippen molar-refractivity contribution in [2.45, 2.75) is 50.0 Å². The summed E-state index contributed by atoms with van der Waals surface area (Å²) in [5.74, 6) is 1.03. The number of hydrogen-bond acceptors (Lipinski definition) is 5. The van der Waals surface area contributed by atoms with Gasteiger partial charge in [-0.3, -0.25) is 0 Å². The Balaban J connectivity index is 1.75. The predicted molar refractivity (Wildman–Crippen MR) is 80.5 cm³/mol. The van der Waals surface area contributed by atoms with Crippen LogP contribution in [-0.2, 0) is 10.0 Å². The molecular weight excluding hydrogens is 288 g/mol. The molecule has 2 aliphatic rings. The molecule has 0 atom stereocenters. The van der Waals surface area contributed by atoms with Crippen molar-refractivity contribution in [1.82, 2.24) is 14.3 Å². The van der Waals surface area contributed by atoms with Crippen LogP contribution in [-0.4, -0.2) is 41.8 Å². The van der Waals surface area contributed by atoms with Crippen LogP contribution < -0.4 is 5.32 Å². The summed E-state index contributed by atoms with van der Waals surface area (Å²) in [4.78, 5) is 8.43. The maximum Gasteiger partial charge on any atom is 0.246 e. The first-order chi connectivity index (χ1) is 10.1. The van der Waals surface area contributed by atoms with Gasteiger partial charge in [0.1, 0.15) is 4.90 Å². The zero-order valence-corrected chi connectivity index (χ0v) is 13.1. The van der Waals surface area contributed by atoms with Crippen molar-refractivity contribution >= 4 is 16.0 Å². The molecule has 2 fully saturated rings. The topological polar surface area (TPSA) is 75.2 Å². The summed E-state index contributed by atoms with van der Waals surface area (Å²) in [6, 6.07) is 0.188. The van der Waals surface area contributed by atoms with Gasteiger partial charge in [-0.15, -0.1) is 0 Å². The predicted octanol–water partition coefficient (Wildman–Crippen LogP) is 1.86. The summed E-state index contributed by atoms with van der Waals surface area (Å²) < 4.78 is 27.1. The molecular formula is C14H22N4O2S. The number of sulfonamides is 1. The molecule has 21 heavy (non-hydrogen) atoms. The van der Waals surface area contributed by atoms with Crippen LogP contribution in [0.25, 0.3) is 0 Å². The molecule has 1 heterocycles. The van der Waals surface area contributed by atoms with Gasteiger partial charge in [-0.2, -0.15) is 4.31 Å². The van der Waals surface area contributed by atoms with Gasteiger partial charge in [0.25, 0.3) is 0 Å². The maximum atomic E-state index is 12.7. The Bertz CT molecular complexity index is 579. The molecule has 0 amide bonds. The quantitative estimate of drug-likeness (QED) is 0.793. The summed E-state index contributed by atoms with van der Waals surface area (Å²) in [7, 11) is -3.45. The molecule has 0 saturated heterocycles. The Morgan fingerprint density at radius 1 is 1.24 bits per heavy atom. The fraction of sp³-hybridized carbons (Fsp3) is 0.714. The van der Waals surface area contributed by atoms with E-state index >= 15 is 0 Å². The third-order valence-corrected chi connectivity index (χ3v) is 5.73. The van der Waals surface area contributed by atoms with E-state index < -0.39 is 10.0 Å². The summed E-state index contributed by atoms with van der Waals surface area (Å²) >= 11 is 0. The van der Waals surface area contributed by atoms with Crippen molar-refractivity contribution in [3.63, 3.8) is 0 Å². The minimum absolute atomic E-state index is 0.188.